The normalized spacial score (nSPS) is 11.8. The van der Waals surface area contributed by atoms with Crippen LogP contribution in [0.4, 0.5) is 0 Å². The Hall–Kier alpha value is -8.68. The molecule has 13 aromatic rings. The van der Waals surface area contributed by atoms with Crippen LogP contribution in [-0.2, 0) is 0 Å². The van der Waals surface area contributed by atoms with Crippen LogP contribution in [0.1, 0.15) is 0 Å². The van der Waals surface area contributed by atoms with Crippen LogP contribution in [0.5, 0.6) is 0 Å². The van der Waals surface area contributed by atoms with E-state index in [4.69, 9.17) is 24.4 Å². The standard InChI is InChI=1S/C56H34N6O/c1-2-16-35(17-3-1)39-23-6-7-26-45(39)53-58-54(46-27-15-19-36-18-4-5-22-40(36)46)60-56(59-53)62-49-30-12-9-25-42(49)44-33-32-43-41-24-8-11-29-48(41)61(51(43)52(44)62)38-21-14-20-37(34-38)55-57-47-28-10-13-31-50(47)63-55/h1-34H. The second kappa shape index (κ2) is 13.9. The molecular formula is C56H34N6O. The van der Waals surface area contributed by atoms with Gasteiger partial charge in [-0.2, -0.15) is 9.97 Å². The summed E-state index contributed by atoms with van der Waals surface area (Å²) in [6, 6.07) is 71.6. The van der Waals surface area contributed by atoms with Crippen molar-refractivity contribution >= 4 is 65.5 Å². The number of oxazole rings is 1. The summed E-state index contributed by atoms with van der Waals surface area (Å²) in [6.45, 7) is 0. The molecule has 0 amide bonds. The monoisotopic (exact) mass is 806 g/mol. The number of aromatic nitrogens is 6. The SMILES string of the molecule is c1ccc(-c2ccccc2-c2nc(-c3cccc4ccccc34)nc(-n3c4ccccc4c4ccc5c6ccccc6n(-c6cccc(-c7nc8ccccc8o7)c6)c5c43)n2)cc1. The van der Waals surface area contributed by atoms with E-state index in [1.807, 2.05) is 30.3 Å². The fourth-order valence-corrected chi connectivity index (χ4v) is 9.42. The molecule has 63 heavy (non-hydrogen) atoms. The van der Waals surface area contributed by atoms with Crippen LogP contribution in [0.25, 0.3) is 122 Å². The Morgan fingerprint density at radius 1 is 0.365 bits per heavy atom. The van der Waals surface area contributed by atoms with E-state index in [0.29, 0.717) is 23.5 Å². The minimum atomic E-state index is 0.529. The maximum atomic E-state index is 6.30. The first-order valence-electron chi connectivity index (χ1n) is 21.1. The van der Waals surface area contributed by atoms with Crippen LogP contribution >= 0.6 is 0 Å². The number of hydrogen-bond donors (Lipinski definition) is 0. The van der Waals surface area contributed by atoms with Crippen LogP contribution < -0.4 is 0 Å². The Labute approximate surface area is 360 Å². The van der Waals surface area contributed by atoms with E-state index in [-0.39, 0.29) is 0 Å². The Balaban J connectivity index is 1.14. The number of para-hydroxylation sites is 4. The molecule has 0 fully saturated rings. The van der Waals surface area contributed by atoms with Crippen molar-refractivity contribution in [1.82, 2.24) is 29.1 Å². The predicted octanol–water partition coefficient (Wildman–Crippen LogP) is 14.0. The van der Waals surface area contributed by atoms with Gasteiger partial charge < -0.3 is 8.98 Å². The lowest BCUT2D eigenvalue weighted by Gasteiger charge is -2.15. The first kappa shape index (κ1) is 35.1. The van der Waals surface area contributed by atoms with Gasteiger partial charge >= 0.3 is 0 Å². The highest BCUT2D eigenvalue weighted by atomic mass is 16.3. The molecule has 0 aliphatic heterocycles. The van der Waals surface area contributed by atoms with Gasteiger partial charge in [0.15, 0.2) is 17.2 Å². The van der Waals surface area contributed by atoms with Crippen molar-refractivity contribution in [2.24, 2.45) is 0 Å². The summed E-state index contributed by atoms with van der Waals surface area (Å²) in [6.07, 6.45) is 0. The lowest BCUT2D eigenvalue weighted by Crippen LogP contribution is -2.07. The number of benzene rings is 9. The molecule has 13 rings (SSSR count). The topological polar surface area (TPSA) is 74.6 Å². The third kappa shape index (κ3) is 5.53. The summed E-state index contributed by atoms with van der Waals surface area (Å²) < 4.78 is 10.9. The zero-order valence-electron chi connectivity index (χ0n) is 33.7. The quantitative estimate of drug-likeness (QED) is 0.167. The second-order valence-electron chi connectivity index (χ2n) is 15.8. The van der Waals surface area contributed by atoms with Crippen LogP contribution in [0.3, 0.4) is 0 Å². The maximum absolute atomic E-state index is 6.30. The zero-order valence-corrected chi connectivity index (χ0v) is 33.7. The number of hydrogen-bond acceptors (Lipinski definition) is 5. The van der Waals surface area contributed by atoms with Gasteiger partial charge in [-0.25, -0.2) is 9.97 Å². The van der Waals surface area contributed by atoms with E-state index < -0.39 is 0 Å². The summed E-state index contributed by atoms with van der Waals surface area (Å²) in [7, 11) is 0. The molecule has 0 saturated carbocycles. The minimum Gasteiger partial charge on any atom is -0.436 e. The molecular weight excluding hydrogens is 773 g/mol. The molecule has 0 bridgehead atoms. The summed E-state index contributed by atoms with van der Waals surface area (Å²) in [4.78, 5) is 21.2. The van der Waals surface area contributed by atoms with Gasteiger partial charge in [0.05, 0.1) is 22.1 Å². The fourth-order valence-electron chi connectivity index (χ4n) is 9.42. The first-order chi connectivity index (χ1) is 31.2. The molecule has 0 atom stereocenters. The molecule has 7 nitrogen and oxygen atoms in total. The van der Waals surface area contributed by atoms with Crippen molar-refractivity contribution in [3.63, 3.8) is 0 Å². The minimum absolute atomic E-state index is 0.529. The summed E-state index contributed by atoms with van der Waals surface area (Å²) in [5.41, 5.74) is 11.6. The Morgan fingerprint density at radius 2 is 0.937 bits per heavy atom. The van der Waals surface area contributed by atoms with E-state index >= 15 is 0 Å². The van der Waals surface area contributed by atoms with Gasteiger partial charge in [-0.15, -0.1) is 0 Å². The third-order valence-electron chi connectivity index (χ3n) is 12.2. The molecule has 0 saturated heterocycles. The van der Waals surface area contributed by atoms with E-state index in [1.54, 1.807) is 0 Å². The van der Waals surface area contributed by atoms with Crippen molar-refractivity contribution in [3.8, 4) is 57.0 Å². The molecule has 0 unspecified atom stereocenters. The summed E-state index contributed by atoms with van der Waals surface area (Å²) in [5.74, 6) is 2.29. The predicted molar refractivity (Wildman–Crippen MR) is 255 cm³/mol. The van der Waals surface area contributed by atoms with Gasteiger partial charge in [-0.1, -0.05) is 164 Å². The molecule has 0 radical (unpaired) electrons. The number of nitrogens with zero attached hydrogens (tertiary/aromatic N) is 6. The number of rotatable bonds is 6. The maximum Gasteiger partial charge on any atom is 0.238 e. The van der Waals surface area contributed by atoms with Crippen LogP contribution in [0, 0.1) is 0 Å². The van der Waals surface area contributed by atoms with Gasteiger partial charge in [0.25, 0.3) is 0 Å². The smallest absolute Gasteiger partial charge is 0.238 e. The van der Waals surface area contributed by atoms with Crippen molar-refractivity contribution in [2.75, 3.05) is 0 Å². The van der Waals surface area contributed by atoms with Crippen LogP contribution in [0.2, 0.25) is 0 Å². The molecule has 4 aromatic heterocycles. The van der Waals surface area contributed by atoms with Crippen LogP contribution in [0.15, 0.2) is 211 Å². The zero-order chi connectivity index (χ0) is 41.4. The molecule has 7 heteroatoms. The molecule has 294 valence electrons. The Morgan fingerprint density at radius 3 is 1.73 bits per heavy atom. The van der Waals surface area contributed by atoms with E-state index in [9.17, 15) is 0 Å². The average molecular weight is 807 g/mol. The molecule has 0 spiro atoms. The summed E-state index contributed by atoms with van der Waals surface area (Å²) in [5, 5.41) is 6.64. The Kier molecular flexibility index (Phi) is 7.77. The van der Waals surface area contributed by atoms with Gasteiger partial charge in [0, 0.05) is 43.9 Å². The van der Waals surface area contributed by atoms with E-state index in [2.05, 4.69) is 185 Å². The molecule has 0 aliphatic carbocycles. The first-order valence-corrected chi connectivity index (χ1v) is 21.1. The highest BCUT2D eigenvalue weighted by Crippen LogP contribution is 2.43. The van der Waals surface area contributed by atoms with Gasteiger partial charge in [0.2, 0.25) is 11.8 Å². The van der Waals surface area contributed by atoms with Gasteiger partial charge in [-0.05, 0) is 64.4 Å². The molecule has 0 aliphatic rings. The number of fused-ring (bicyclic) bond motifs is 9. The fraction of sp³-hybridized carbons (Fsp3) is 0. The van der Waals surface area contributed by atoms with Gasteiger partial charge in [0.1, 0.15) is 5.52 Å². The molecule has 4 heterocycles. The largest absolute Gasteiger partial charge is 0.436 e. The lowest BCUT2D eigenvalue weighted by molar-refractivity contribution is 0.620. The average Bonchev–Trinajstić information content (AvgIpc) is 4.05. The van der Waals surface area contributed by atoms with Crippen molar-refractivity contribution in [3.05, 3.63) is 206 Å². The van der Waals surface area contributed by atoms with E-state index in [0.717, 1.165) is 99.0 Å². The molecule has 0 N–H and O–H groups in total. The van der Waals surface area contributed by atoms with Crippen molar-refractivity contribution in [2.45, 2.75) is 0 Å². The third-order valence-corrected chi connectivity index (χ3v) is 12.2. The Bertz CT molecular complexity index is 3900. The van der Waals surface area contributed by atoms with Crippen molar-refractivity contribution < 1.29 is 4.42 Å². The highest BCUT2D eigenvalue weighted by Gasteiger charge is 2.25. The van der Waals surface area contributed by atoms with Crippen molar-refractivity contribution in [1.29, 1.82) is 0 Å². The van der Waals surface area contributed by atoms with Gasteiger partial charge in [-0.3, -0.25) is 4.57 Å². The van der Waals surface area contributed by atoms with Crippen LogP contribution in [-0.4, -0.2) is 29.1 Å². The lowest BCUT2D eigenvalue weighted by atomic mass is 9.99. The van der Waals surface area contributed by atoms with E-state index in [1.165, 1.54) is 0 Å². The molecule has 9 aromatic carbocycles. The summed E-state index contributed by atoms with van der Waals surface area (Å²) >= 11 is 0. The highest BCUT2D eigenvalue weighted by molar-refractivity contribution is 6.23. The second-order valence-corrected chi connectivity index (χ2v) is 15.8.